The van der Waals surface area contributed by atoms with Gasteiger partial charge in [-0.3, -0.25) is 0 Å². The molecule has 7 nitrogen and oxygen atoms in total. The van der Waals surface area contributed by atoms with Gasteiger partial charge in [0, 0.05) is 0 Å². The summed E-state index contributed by atoms with van der Waals surface area (Å²) in [6, 6.07) is 27.5. The van der Waals surface area contributed by atoms with Crippen molar-refractivity contribution in [3.05, 3.63) is 108 Å². The van der Waals surface area contributed by atoms with E-state index >= 15 is 0 Å². The number of aliphatic hydroxyl groups excluding tert-OH is 2. The number of aliphatic hydroxyl groups is 2. The van der Waals surface area contributed by atoms with E-state index in [2.05, 4.69) is 0 Å². The van der Waals surface area contributed by atoms with Gasteiger partial charge in [0.1, 0.15) is 31.0 Å². The third kappa shape index (κ3) is 6.28. The van der Waals surface area contributed by atoms with E-state index in [1.165, 1.54) is 0 Å². The quantitative estimate of drug-likeness (QED) is 0.470. The fourth-order valence-corrected chi connectivity index (χ4v) is 3.78. The summed E-state index contributed by atoms with van der Waals surface area (Å²) in [4.78, 5) is 12.4. The van der Waals surface area contributed by atoms with Crippen molar-refractivity contribution in [3.63, 3.8) is 0 Å². The smallest absolute Gasteiger partial charge is 0.338 e. The van der Waals surface area contributed by atoms with Crippen LogP contribution in [0.5, 0.6) is 0 Å². The summed E-state index contributed by atoms with van der Waals surface area (Å²) < 4.78 is 22.9. The van der Waals surface area contributed by atoms with E-state index in [0.717, 1.165) is 11.1 Å². The first kappa shape index (κ1) is 24.1. The van der Waals surface area contributed by atoms with E-state index in [4.69, 9.17) is 18.9 Å². The molecule has 0 saturated carbocycles. The van der Waals surface area contributed by atoms with Gasteiger partial charge in [-0.1, -0.05) is 78.9 Å². The molecule has 0 bridgehead atoms. The topological polar surface area (TPSA) is 94.5 Å². The van der Waals surface area contributed by atoms with Crippen molar-refractivity contribution in [2.75, 3.05) is 6.61 Å². The highest BCUT2D eigenvalue weighted by atomic mass is 16.7. The Hall–Kier alpha value is -3.07. The summed E-state index contributed by atoms with van der Waals surface area (Å²) >= 11 is 0. The van der Waals surface area contributed by atoms with Gasteiger partial charge in [-0.05, 0) is 23.3 Å². The van der Waals surface area contributed by atoms with Gasteiger partial charge in [-0.15, -0.1) is 0 Å². The average Bonchev–Trinajstić information content (AvgIpc) is 2.88. The van der Waals surface area contributed by atoms with Crippen LogP contribution in [0.1, 0.15) is 21.5 Å². The van der Waals surface area contributed by atoms with Gasteiger partial charge in [0.15, 0.2) is 6.29 Å². The largest absolute Gasteiger partial charge is 0.459 e. The summed E-state index contributed by atoms with van der Waals surface area (Å²) in [6.07, 6.45) is -5.46. The summed E-state index contributed by atoms with van der Waals surface area (Å²) in [5, 5.41) is 21.6. The molecule has 0 spiro atoms. The van der Waals surface area contributed by atoms with Crippen LogP contribution in [0.25, 0.3) is 0 Å². The SMILES string of the molecule is O=C(OCC1OC(O)C(OCc2ccccc2)C(O)[C@H]1OCc1ccccc1)c1ccccc1. The fourth-order valence-electron chi connectivity index (χ4n) is 3.78. The van der Waals surface area contributed by atoms with Crippen molar-refractivity contribution >= 4 is 5.97 Å². The zero-order chi connectivity index (χ0) is 23.8. The van der Waals surface area contributed by atoms with Crippen molar-refractivity contribution in [2.45, 2.75) is 43.9 Å². The summed E-state index contributed by atoms with van der Waals surface area (Å²) in [5.74, 6) is -0.530. The number of ether oxygens (including phenoxy) is 4. The van der Waals surface area contributed by atoms with Gasteiger partial charge in [0.25, 0.3) is 0 Å². The lowest BCUT2D eigenvalue weighted by atomic mass is 9.98. The zero-order valence-corrected chi connectivity index (χ0v) is 18.6. The minimum Gasteiger partial charge on any atom is -0.459 e. The molecule has 0 aliphatic carbocycles. The highest BCUT2D eigenvalue weighted by Gasteiger charge is 2.46. The van der Waals surface area contributed by atoms with Crippen LogP contribution in [0.4, 0.5) is 0 Å². The third-order valence-corrected chi connectivity index (χ3v) is 5.59. The van der Waals surface area contributed by atoms with E-state index in [0.29, 0.717) is 5.56 Å². The van der Waals surface area contributed by atoms with Crippen LogP contribution >= 0.6 is 0 Å². The van der Waals surface area contributed by atoms with Crippen molar-refractivity contribution in [1.82, 2.24) is 0 Å². The Morgan fingerprint density at radius 1 is 0.735 bits per heavy atom. The van der Waals surface area contributed by atoms with Crippen LogP contribution in [0.3, 0.4) is 0 Å². The molecule has 34 heavy (non-hydrogen) atoms. The molecule has 1 fully saturated rings. The highest BCUT2D eigenvalue weighted by Crippen LogP contribution is 2.27. The first-order valence-corrected chi connectivity index (χ1v) is 11.2. The zero-order valence-electron chi connectivity index (χ0n) is 18.6. The maximum Gasteiger partial charge on any atom is 0.338 e. The predicted octanol–water partition coefficient (Wildman–Crippen LogP) is 3.09. The lowest BCUT2D eigenvalue weighted by Gasteiger charge is -2.42. The lowest BCUT2D eigenvalue weighted by Crippen LogP contribution is -2.60. The van der Waals surface area contributed by atoms with E-state index in [9.17, 15) is 15.0 Å². The van der Waals surface area contributed by atoms with Gasteiger partial charge in [0.2, 0.25) is 0 Å². The Bertz CT molecular complexity index is 1010. The Morgan fingerprint density at radius 3 is 1.79 bits per heavy atom. The second kappa shape index (κ2) is 11.9. The summed E-state index contributed by atoms with van der Waals surface area (Å²) in [6.45, 7) is 0.186. The molecule has 3 aromatic rings. The molecule has 4 rings (SSSR count). The molecule has 7 heteroatoms. The Morgan fingerprint density at radius 2 is 1.24 bits per heavy atom. The maximum atomic E-state index is 12.4. The van der Waals surface area contributed by atoms with Gasteiger partial charge >= 0.3 is 5.97 Å². The van der Waals surface area contributed by atoms with Gasteiger partial charge < -0.3 is 29.2 Å². The number of esters is 1. The normalized spacial score (nSPS) is 24.5. The van der Waals surface area contributed by atoms with Crippen LogP contribution in [-0.2, 0) is 32.2 Å². The number of hydrogen-bond acceptors (Lipinski definition) is 7. The molecule has 1 saturated heterocycles. The third-order valence-electron chi connectivity index (χ3n) is 5.59. The van der Waals surface area contributed by atoms with Gasteiger partial charge in [-0.25, -0.2) is 4.79 Å². The molecule has 0 aromatic heterocycles. The van der Waals surface area contributed by atoms with E-state index in [-0.39, 0.29) is 19.8 Å². The predicted molar refractivity (Wildman–Crippen MR) is 124 cm³/mol. The Kier molecular flexibility index (Phi) is 8.41. The maximum absolute atomic E-state index is 12.4. The van der Waals surface area contributed by atoms with Gasteiger partial charge in [0.05, 0.1) is 18.8 Å². The second-order valence-electron chi connectivity index (χ2n) is 8.04. The first-order valence-electron chi connectivity index (χ1n) is 11.2. The number of carbonyl (C=O) groups excluding carboxylic acids is 1. The number of hydrogen-bond donors (Lipinski definition) is 2. The lowest BCUT2D eigenvalue weighted by molar-refractivity contribution is -0.306. The molecule has 1 heterocycles. The van der Waals surface area contributed by atoms with E-state index in [1.54, 1.807) is 30.3 Å². The Labute approximate surface area is 198 Å². The molecule has 2 N–H and O–H groups in total. The van der Waals surface area contributed by atoms with Gasteiger partial charge in [-0.2, -0.15) is 0 Å². The molecule has 3 aromatic carbocycles. The van der Waals surface area contributed by atoms with Crippen LogP contribution in [0.15, 0.2) is 91.0 Å². The number of carbonyl (C=O) groups is 1. The van der Waals surface area contributed by atoms with Crippen molar-refractivity contribution in [3.8, 4) is 0 Å². The molecule has 178 valence electrons. The van der Waals surface area contributed by atoms with Crippen LogP contribution in [0.2, 0.25) is 0 Å². The van der Waals surface area contributed by atoms with Crippen molar-refractivity contribution in [1.29, 1.82) is 0 Å². The number of rotatable bonds is 9. The molecule has 1 aliphatic rings. The van der Waals surface area contributed by atoms with E-state index in [1.807, 2.05) is 60.7 Å². The average molecular weight is 465 g/mol. The molecular formula is C27H28O7. The monoisotopic (exact) mass is 464 g/mol. The molecular weight excluding hydrogens is 436 g/mol. The summed E-state index contributed by atoms with van der Waals surface area (Å²) in [7, 11) is 0. The van der Waals surface area contributed by atoms with Crippen LogP contribution in [0, 0.1) is 0 Å². The molecule has 0 amide bonds. The molecule has 5 atom stereocenters. The van der Waals surface area contributed by atoms with Crippen LogP contribution in [-0.4, -0.2) is 53.5 Å². The standard InChI is InChI=1S/C27H28O7/c28-23-24(31-16-19-10-4-1-5-11-19)22(18-33-26(29)21-14-8-3-9-15-21)34-27(30)25(23)32-17-20-12-6-2-7-13-20/h1-15,22-25,27-28,30H,16-18H2/t22?,23?,24-,25?,27?/m0/s1. The number of benzene rings is 3. The van der Waals surface area contributed by atoms with Crippen molar-refractivity contribution < 1.29 is 34.0 Å². The highest BCUT2D eigenvalue weighted by molar-refractivity contribution is 5.89. The second-order valence-corrected chi connectivity index (χ2v) is 8.04. The molecule has 1 aliphatic heterocycles. The molecule has 4 unspecified atom stereocenters. The van der Waals surface area contributed by atoms with E-state index < -0.39 is 36.7 Å². The minimum atomic E-state index is -1.42. The molecule has 0 radical (unpaired) electrons. The first-order chi connectivity index (χ1) is 16.6. The van der Waals surface area contributed by atoms with Crippen LogP contribution < -0.4 is 0 Å². The fraction of sp³-hybridized carbons (Fsp3) is 0.296. The Balaban J connectivity index is 1.44. The van der Waals surface area contributed by atoms with Crippen molar-refractivity contribution in [2.24, 2.45) is 0 Å². The summed E-state index contributed by atoms with van der Waals surface area (Å²) in [5.41, 5.74) is 2.19. The minimum absolute atomic E-state index is 0.183.